The first-order chi connectivity index (χ1) is 13.7. The molecule has 4 aliphatic carbocycles. The molecular weight excluding hydrogens is 356 g/mol. The van der Waals surface area contributed by atoms with Gasteiger partial charge < -0.3 is 10.2 Å². The number of hydrogen-bond donors (Lipinski definition) is 2. The monoisotopic (exact) mass is 400 g/mol. The van der Waals surface area contributed by atoms with Crippen LogP contribution >= 0.6 is 0 Å². The van der Waals surface area contributed by atoms with Crippen molar-refractivity contribution < 1.29 is 10.2 Å². The Morgan fingerprint density at radius 3 is 2.52 bits per heavy atom. The second-order valence-corrected chi connectivity index (χ2v) is 11.9. The predicted molar refractivity (Wildman–Crippen MR) is 120 cm³/mol. The molecule has 164 valence electrons. The Morgan fingerprint density at radius 1 is 1.03 bits per heavy atom. The van der Waals surface area contributed by atoms with Gasteiger partial charge in [-0.1, -0.05) is 52.8 Å². The second kappa shape index (κ2) is 7.83. The van der Waals surface area contributed by atoms with Crippen molar-refractivity contribution in [3.05, 3.63) is 23.8 Å². The van der Waals surface area contributed by atoms with Gasteiger partial charge in [0.05, 0.1) is 6.10 Å². The molecule has 3 saturated carbocycles. The van der Waals surface area contributed by atoms with E-state index in [0.29, 0.717) is 17.3 Å². The molecule has 3 fully saturated rings. The maximum atomic E-state index is 10.7. The van der Waals surface area contributed by atoms with Gasteiger partial charge in [0.2, 0.25) is 0 Å². The van der Waals surface area contributed by atoms with Crippen LogP contribution in [0.4, 0.5) is 0 Å². The van der Waals surface area contributed by atoms with Crippen LogP contribution in [0.15, 0.2) is 23.8 Å². The molecule has 2 heteroatoms. The molecule has 4 aliphatic rings. The van der Waals surface area contributed by atoms with Crippen LogP contribution in [0.3, 0.4) is 0 Å². The molecule has 0 spiro atoms. The first-order valence-corrected chi connectivity index (χ1v) is 12.4. The largest absolute Gasteiger partial charge is 0.390 e. The molecule has 0 heterocycles. The van der Waals surface area contributed by atoms with E-state index >= 15 is 0 Å². The van der Waals surface area contributed by atoms with Gasteiger partial charge in [-0.05, 0) is 103 Å². The summed E-state index contributed by atoms with van der Waals surface area (Å²) in [7, 11) is 0. The van der Waals surface area contributed by atoms with E-state index in [-0.39, 0.29) is 5.41 Å². The minimum atomic E-state index is -0.634. The number of fused-ring (bicyclic) bond motifs is 5. The highest BCUT2D eigenvalue weighted by molar-refractivity contribution is 5.29. The van der Waals surface area contributed by atoms with Gasteiger partial charge in [0.25, 0.3) is 0 Å². The molecule has 29 heavy (non-hydrogen) atoms. The van der Waals surface area contributed by atoms with Gasteiger partial charge in [0, 0.05) is 0 Å². The van der Waals surface area contributed by atoms with Crippen LogP contribution in [-0.4, -0.2) is 22.4 Å². The van der Waals surface area contributed by atoms with Gasteiger partial charge in [-0.25, -0.2) is 0 Å². The minimum Gasteiger partial charge on any atom is -0.390 e. The van der Waals surface area contributed by atoms with Crippen molar-refractivity contribution in [2.75, 3.05) is 0 Å². The highest BCUT2D eigenvalue weighted by Gasteiger charge is 2.59. The van der Waals surface area contributed by atoms with E-state index in [1.807, 2.05) is 0 Å². The fourth-order valence-electron chi connectivity index (χ4n) is 8.32. The second-order valence-electron chi connectivity index (χ2n) is 11.9. The van der Waals surface area contributed by atoms with E-state index in [9.17, 15) is 10.2 Å². The lowest BCUT2D eigenvalue weighted by molar-refractivity contribution is -0.0783. The highest BCUT2D eigenvalue weighted by atomic mass is 16.3. The summed E-state index contributed by atoms with van der Waals surface area (Å²) in [5.41, 5.74) is 1.74. The first-order valence-electron chi connectivity index (χ1n) is 12.4. The fraction of sp³-hybridized carbons (Fsp3) is 0.852. The van der Waals surface area contributed by atoms with Crippen LogP contribution in [0.5, 0.6) is 0 Å². The third-order valence-corrected chi connectivity index (χ3v) is 9.92. The van der Waals surface area contributed by atoms with E-state index in [0.717, 1.165) is 42.9 Å². The Balaban J connectivity index is 1.55. The normalized spacial score (nSPS) is 48.2. The van der Waals surface area contributed by atoms with Crippen molar-refractivity contribution >= 4 is 0 Å². The molecule has 2 N–H and O–H groups in total. The van der Waals surface area contributed by atoms with E-state index in [1.165, 1.54) is 37.7 Å². The molecule has 2 nitrogen and oxygen atoms in total. The van der Waals surface area contributed by atoms with Crippen LogP contribution in [0.2, 0.25) is 0 Å². The van der Waals surface area contributed by atoms with Crippen molar-refractivity contribution in [2.45, 2.75) is 98.2 Å². The number of aliphatic hydroxyl groups is 2. The standard InChI is InChI=1S/C27H44O2/c1-17(2)7-6-8-18(3)20-11-12-21-19-9-10-23-25(29)24(28)14-16-27(23,5)22(19)13-15-26(20,21)4/h6,8,10,17-22,24-25,28-29H,7,9,11-16H2,1-5H3/t18-,19+,20-,21+,22+,24+,25?,26-,27-/m1/s1. The van der Waals surface area contributed by atoms with Gasteiger partial charge in [-0.2, -0.15) is 0 Å². The Labute approximate surface area is 178 Å². The summed E-state index contributed by atoms with van der Waals surface area (Å²) in [6, 6.07) is 0. The first kappa shape index (κ1) is 21.6. The number of allylic oxidation sites excluding steroid dienone is 3. The zero-order valence-corrected chi connectivity index (χ0v) is 19.4. The fourth-order valence-corrected chi connectivity index (χ4v) is 8.32. The molecule has 9 atom stereocenters. The minimum absolute atomic E-state index is 0.101. The molecule has 0 aromatic carbocycles. The quantitative estimate of drug-likeness (QED) is 0.557. The summed E-state index contributed by atoms with van der Waals surface area (Å²) >= 11 is 0. The summed E-state index contributed by atoms with van der Waals surface area (Å²) in [4.78, 5) is 0. The SMILES string of the molecule is CC(C)CC=C[C@@H](C)[C@H]1CC[C@H]2[C@@H]3CC=C4C(O)[C@@H](O)CC[C@]4(C)[C@H]3CC[C@]12C. The average molecular weight is 401 g/mol. The molecule has 0 radical (unpaired) electrons. The van der Waals surface area contributed by atoms with Gasteiger partial charge >= 0.3 is 0 Å². The smallest absolute Gasteiger partial charge is 0.101 e. The van der Waals surface area contributed by atoms with E-state index in [4.69, 9.17) is 0 Å². The van der Waals surface area contributed by atoms with Crippen molar-refractivity contribution in [3.63, 3.8) is 0 Å². The van der Waals surface area contributed by atoms with Crippen molar-refractivity contribution in [1.82, 2.24) is 0 Å². The maximum Gasteiger partial charge on any atom is 0.101 e. The van der Waals surface area contributed by atoms with Gasteiger partial charge in [-0.15, -0.1) is 0 Å². The summed E-state index contributed by atoms with van der Waals surface area (Å²) in [5, 5.41) is 20.9. The van der Waals surface area contributed by atoms with Crippen LogP contribution in [0, 0.1) is 46.3 Å². The molecule has 0 aromatic heterocycles. The summed E-state index contributed by atoms with van der Waals surface area (Å²) in [6.45, 7) is 12.1. The van der Waals surface area contributed by atoms with E-state index < -0.39 is 12.2 Å². The van der Waals surface area contributed by atoms with E-state index in [1.54, 1.807) is 0 Å². The summed E-state index contributed by atoms with van der Waals surface area (Å²) < 4.78 is 0. The Bertz CT molecular complexity index is 663. The van der Waals surface area contributed by atoms with Crippen LogP contribution in [-0.2, 0) is 0 Å². The Morgan fingerprint density at radius 2 is 1.79 bits per heavy atom. The average Bonchev–Trinajstić information content (AvgIpc) is 3.02. The van der Waals surface area contributed by atoms with E-state index in [2.05, 4.69) is 52.8 Å². The van der Waals surface area contributed by atoms with Gasteiger partial charge in [-0.3, -0.25) is 0 Å². The van der Waals surface area contributed by atoms with Gasteiger partial charge in [0.15, 0.2) is 0 Å². The lowest BCUT2D eigenvalue weighted by Gasteiger charge is -2.59. The van der Waals surface area contributed by atoms with Crippen LogP contribution < -0.4 is 0 Å². The summed E-state index contributed by atoms with van der Waals surface area (Å²) in [6.07, 6.45) is 15.6. The zero-order chi connectivity index (χ0) is 21.0. The van der Waals surface area contributed by atoms with Crippen LogP contribution in [0.25, 0.3) is 0 Å². The molecule has 0 bridgehead atoms. The lowest BCUT2D eigenvalue weighted by Crippen LogP contribution is -2.53. The number of aliphatic hydroxyl groups excluding tert-OH is 2. The molecule has 0 amide bonds. The van der Waals surface area contributed by atoms with Crippen LogP contribution in [0.1, 0.15) is 86.0 Å². The topological polar surface area (TPSA) is 40.5 Å². The zero-order valence-electron chi connectivity index (χ0n) is 19.4. The van der Waals surface area contributed by atoms with Crippen molar-refractivity contribution in [3.8, 4) is 0 Å². The predicted octanol–water partition coefficient (Wildman–Crippen LogP) is 6.14. The summed E-state index contributed by atoms with van der Waals surface area (Å²) in [5.74, 6) is 4.51. The maximum absolute atomic E-state index is 10.7. The number of rotatable bonds is 4. The Kier molecular flexibility index (Phi) is 5.84. The molecule has 1 unspecified atom stereocenters. The lowest BCUT2D eigenvalue weighted by atomic mass is 9.46. The molecule has 0 aromatic rings. The molecule has 0 saturated heterocycles. The molecule has 0 aliphatic heterocycles. The molecule has 4 rings (SSSR count). The third kappa shape index (κ3) is 3.47. The highest BCUT2D eigenvalue weighted by Crippen LogP contribution is 2.67. The van der Waals surface area contributed by atoms with Gasteiger partial charge in [0.1, 0.15) is 6.10 Å². The number of hydrogen-bond acceptors (Lipinski definition) is 2. The van der Waals surface area contributed by atoms with Crippen molar-refractivity contribution in [1.29, 1.82) is 0 Å². The van der Waals surface area contributed by atoms with Crippen molar-refractivity contribution in [2.24, 2.45) is 46.3 Å². The Hall–Kier alpha value is -0.600. The third-order valence-electron chi connectivity index (χ3n) is 9.92. The molecular formula is C27H44O2.